The van der Waals surface area contributed by atoms with E-state index < -0.39 is 0 Å². The maximum absolute atomic E-state index is 5.48. The highest BCUT2D eigenvalue weighted by Gasteiger charge is 2.12. The van der Waals surface area contributed by atoms with Crippen molar-refractivity contribution in [3.05, 3.63) is 0 Å². The molecule has 0 saturated heterocycles. The third kappa shape index (κ3) is 4.12. The van der Waals surface area contributed by atoms with Crippen LogP contribution in [0.4, 0.5) is 0 Å². The smallest absolute Gasteiger partial charge is 0.0563 e. The average molecular weight is 221 g/mol. The van der Waals surface area contributed by atoms with Crippen LogP contribution in [0.5, 0.6) is 0 Å². The van der Waals surface area contributed by atoms with Gasteiger partial charge in [0.2, 0.25) is 0 Å². The molecule has 0 bridgehead atoms. The van der Waals surface area contributed by atoms with Crippen LogP contribution in [0.1, 0.15) is 32.1 Å². The molecule has 0 aromatic rings. The Kier molecular flexibility index (Phi) is 5.21. The van der Waals surface area contributed by atoms with Crippen molar-refractivity contribution < 1.29 is 4.74 Å². The van der Waals surface area contributed by atoms with Gasteiger partial charge in [-0.15, -0.1) is 0 Å². The molecule has 0 atom stereocenters. The lowest BCUT2D eigenvalue weighted by Crippen LogP contribution is -2.13. The van der Waals surface area contributed by atoms with Crippen LogP contribution in [0, 0.1) is 5.92 Å². The van der Waals surface area contributed by atoms with Crippen LogP contribution in [0.25, 0.3) is 0 Å². The van der Waals surface area contributed by atoms with Crippen molar-refractivity contribution in [1.29, 1.82) is 0 Å². The van der Waals surface area contributed by atoms with Crippen LogP contribution >= 0.6 is 15.9 Å². The van der Waals surface area contributed by atoms with Crippen molar-refractivity contribution in [2.45, 2.75) is 32.1 Å². The summed E-state index contributed by atoms with van der Waals surface area (Å²) in [6, 6.07) is 0. The summed E-state index contributed by atoms with van der Waals surface area (Å²) in [6.07, 6.45) is 7.06. The van der Waals surface area contributed by atoms with Crippen LogP contribution in [0.3, 0.4) is 0 Å². The van der Waals surface area contributed by atoms with Gasteiger partial charge >= 0.3 is 0 Å². The van der Waals surface area contributed by atoms with Crippen LogP contribution in [-0.2, 0) is 4.74 Å². The highest BCUT2D eigenvalue weighted by molar-refractivity contribution is 9.09. The van der Waals surface area contributed by atoms with E-state index in [2.05, 4.69) is 15.9 Å². The van der Waals surface area contributed by atoms with Gasteiger partial charge in [0.1, 0.15) is 0 Å². The molecule has 0 aromatic carbocycles. The SMILES string of the molecule is BrCCOCC1CCCCC1. The van der Waals surface area contributed by atoms with Crippen LogP contribution in [0.2, 0.25) is 0 Å². The third-order valence-electron chi connectivity index (χ3n) is 2.30. The lowest BCUT2D eigenvalue weighted by Gasteiger charge is -2.20. The first-order chi connectivity index (χ1) is 5.43. The van der Waals surface area contributed by atoms with Gasteiger partial charge in [0, 0.05) is 11.9 Å². The van der Waals surface area contributed by atoms with Crippen LogP contribution in [-0.4, -0.2) is 18.5 Å². The van der Waals surface area contributed by atoms with Crippen molar-refractivity contribution in [3.63, 3.8) is 0 Å². The zero-order valence-corrected chi connectivity index (χ0v) is 8.61. The molecule has 0 amide bonds. The summed E-state index contributed by atoms with van der Waals surface area (Å²) < 4.78 is 5.48. The molecular weight excluding hydrogens is 204 g/mol. The zero-order chi connectivity index (χ0) is 7.94. The third-order valence-corrected chi connectivity index (χ3v) is 2.62. The van der Waals surface area contributed by atoms with Gasteiger partial charge in [-0.1, -0.05) is 35.2 Å². The average Bonchev–Trinajstić information content (AvgIpc) is 2.07. The topological polar surface area (TPSA) is 9.23 Å². The van der Waals surface area contributed by atoms with Gasteiger partial charge in [0.05, 0.1) is 6.61 Å². The molecule has 1 rings (SSSR count). The maximum atomic E-state index is 5.48. The fourth-order valence-electron chi connectivity index (χ4n) is 1.66. The van der Waals surface area contributed by atoms with Gasteiger partial charge in [-0.25, -0.2) is 0 Å². The summed E-state index contributed by atoms with van der Waals surface area (Å²) >= 11 is 3.35. The Morgan fingerprint density at radius 3 is 2.55 bits per heavy atom. The summed E-state index contributed by atoms with van der Waals surface area (Å²) in [5, 5.41) is 0.972. The lowest BCUT2D eigenvalue weighted by molar-refractivity contribution is 0.0972. The molecule has 1 fully saturated rings. The molecule has 1 saturated carbocycles. The van der Waals surface area contributed by atoms with E-state index >= 15 is 0 Å². The first-order valence-corrected chi connectivity index (χ1v) is 5.69. The molecule has 0 aliphatic heterocycles. The minimum absolute atomic E-state index is 0.864. The quantitative estimate of drug-likeness (QED) is 0.523. The number of hydrogen-bond donors (Lipinski definition) is 0. The van der Waals surface area contributed by atoms with Gasteiger partial charge in [0.15, 0.2) is 0 Å². The minimum Gasteiger partial charge on any atom is -0.380 e. The van der Waals surface area contributed by atoms with E-state index in [1.807, 2.05) is 0 Å². The number of ether oxygens (including phenoxy) is 1. The Morgan fingerprint density at radius 2 is 1.91 bits per heavy atom. The van der Waals surface area contributed by atoms with Crippen molar-refractivity contribution >= 4 is 15.9 Å². The number of halogens is 1. The highest BCUT2D eigenvalue weighted by atomic mass is 79.9. The zero-order valence-electron chi connectivity index (χ0n) is 7.02. The summed E-state index contributed by atoms with van der Waals surface area (Å²) in [7, 11) is 0. The molecule has 0 radical (unpaired) electrons. The molecule has 0 spiro atoms. The fraction of sp³-hybridized carbons (Fsp3) is 1.00. The van der Waals surface area contributed by atoms with Gasteiger partial charge in [-0.05, 0) is 18.8 Å². The Bertz CT molecular complexity index is 89.6. The first kappa shape index (κ1) is 9.53. The van der Waals surface area contributed by atoms with Crippen molar-refractivity contribution in [2.75, 3.05) is 18.5 Å². The number of alkyl halides is 1. The summed E-state index contributed by atoms with van der Waals surface area (Å²) in [5.41, 5.74) is 0. The Morgan fingerprint density at radius 1 is 1.18 bits per heavy atom. The second-order valence-corrected chi connectivity index (χ2v) is 4.06. The van der Waals surface area contributed by atoms with Crippen LogP contribution in [0.15, 0.2) is 0 Å². The molecule has 1 aliphatic carbocycles. The minimum atomic E-state index is 0.864. The van der Waals surface area contributed by atoms with E-state index in [4.69, 9.17) is 4.74 Å². The normalized spacial score (nSPS) is 20.5. The Balaban J connectivity index is 1.96. The predicted molar refractivity (Wildman–Crippen MR) is 51.2 cm³/mol. The Labute approximate surface area is 77.6 Å². The van der Waals surface area contributed by atoms with E-state index in [1.165, 1.54) is 32.1 Å². The molecule has 0 heterocycles. The summed E-state index contributed by atoms with van der Waals surface area (Å²) in [4.78, 5) is 0. The van der Waals surface area contributed by atoms with Gasteiger partial charge < -0.3 is 4.74 Å². The van der Waals surface area contributed by atoms with E-state index in [-0.39, 0.29) is 0 Å². The number of rotatable bonds is 4. The lowest BCUT2D eigenvalue weighted by atomic mass is 9.90. The Hall–Kier alpha value is 0.440. The van der Waals surface area contributed by atoms with E-state index in [0.29, 0.717) is 0 Å². The predicted octanol–water partition coefficient (Wildman–Crippen LogP) is 2.98. The largest absolute Gasteiger partial charge is 0.380 e. The number of hydrogen-bond acceptors (Lipinski definition) is 1. The summed E-state index contributed by atoms with van der Waals surface area (Å²) in [6.45, 7) is 1.86. The maximum Gasteiger partial charge on any atom is 0.0563 e. The molecule has 0 unspecified atom stereocenters. The van der Waals surface area contributed by atoms with E-state index in [0.717, 1.165) is 24.5 Å². The van der Waals surface area contributed by atoms with E-state index in [1.54, 1.807) is 0 Å². The van der Waals surface area contributed by atoms with Crippen LogP contribution < -0.4 is 0 Å². The van der Waals surface area contributed by atoms with Gasteiger partial charge in [-0.3, -0.25) is 0 Å². The molecule has 0 aromatic heterocycles. The second-order valence-electron chi connectivity index (χ2n) is 3.27. The first-order valence-electron chi connectivity index (χ1n) is 4.57. The molecule has 2 heteroatoms. The van der Waals surface area contributed by atoms with Crippen molar-refractivity contribution in [1.82, 2.24) is 0 Å². The summed E-state index contributed by atoms with van der Waals surface area (Å²) in [5.74, 6) is 0.864. The van der Waals surface area contributed by atoms with E-state index in [9.17, 15) is 0 Å². The van der Waals surface area contributed by atoms with Gasteiger partial charge in [-0.2, -0.15) is 0 Å². The molecule has 1 aliphatic rings. The highest BCUT2D eigenvalue weighted by Crippen LogP contribution is 2.23. The molecule has 11 heavy (non-hydrogen) atoms. The molecular formula is C9H17BrO. The van der Waals surface area contributed by atoms with Gasteiger partial charge in [0.25, 0.3) is 0 Å². The standard InChI is InChI=1S/C9H17BrO/c10-6-7-11-8-9-4-2-1-3-5-9/h9H,1-8H2. The molecule has 66 valence electrons. The molecule has 1 nitrogen and oxygen atoms in total. The van der Waals surface area contributed by atoms with Crippen molar-refractivity contribution in [2.24, 2.45) is 5.92 Å². The molecule has 0 N–H and O–H groups in total. The second kappa shape index (κ2) is 6.01. The fourth-order valence-corrected chi connectivity index (χ4v) is 1.89. The van der Waals surface area contributed by atoms with Crippen molar-refractivity contribution in [3.8, 4) is 0 Å². The monoisotopic (exact) mass is 220 g/mol.